The zero-order valence-electron chi connectivity index (χ0n) is 14.1. The second-order valence-corrected chi connectivity index (χ2v) is 6.56. The maximum absolute atomic E-state index is 6.07. The average molecular weight is 291 g/mol. The lowest BCUT2D eigenvalue weighted by Crippen LogP contribution is -2.46. The molecule has 118 valence electrons. The van der Waals surface area contributed by atoms with Crippen LogP contribution in [0.3, 0.4) is 0 Å². The van der Waals surface area contributed by atoms with E-state index < -0.39 is 0 Å². The molecule has 0 radical (unpaired) electrons. The van der Waals surface area contributed by atoms with Crippen LogP contribution in [0.4, 0.5) is 0 Å². The third-order valence-electron chi connectivity index (χ3n) is 3.95. The monoisotopic (exact) mass is 291 g/mol. The second-order valence-electron chi connectivity index (χ2n) is 6.56. The second kappa shape index (κ2) is 7.28. The summed E-state index contributed by atoms with van der Waals surface area (Å²) in [6.45, 7) is 14.5. The maximum Gasteiger partial charge on any atom is 0.123 e. The van der Waals surface area contributed by atoms with E-state index in [0.717, 1.165) is 32.0 Å². The summed E-state index contributed by atoms with van der Waals surface area (Å²) in [5.41, 5.74) is 2.55. The van der Waals surface area contributed by atoms with Gasteiger partial charge in [-0.1, -0.05) is 26.0 Å². The predicted octanol–water partition coefficient (Wildman–Crippen LogP) is 3.61. The van der Waals surface area contributed by atoms with Gasteiger partial charge < -0.3 is 9.47 Å². The van der Waals surface area contributed by atoms with Gasteiger partial charge in [-0.05, 0) is 43.9 Å². The van der Waals surface area contributed by atoms with Crippen LogP contribution >= 0.6 is 0 Å². The fourth-order valence-electron chi connectivity index (χ4n) is 3.00. The van der Waals surface area contributed by atoms with Crippen LogP contribution in [0.1, 0.15) is 44.7 Å². The lowest BCUT2D eigenvalue weighted by molar-refractivity contribution is -0.0699. The number of ether oxygens (including phenoxy) is 2. The van der Waals surface area contributed by atoms with E-state index >= 15 is 0 Å². The Labute approximate surface area is 129 Å². The van der Waals surface area contributed by atoms with E-state index in [0.29, 0.717) is 18.1 Å². The Balaban J connectivity index is 1.90. The van der Waals surface area contributed by atoms with E-state index in [1.54, 1.807) is 0 Å². The standard InChI is InChI=1S/C18H29NO2/c1-13(2)17-7-6-14(3)10-18(17)20-9-8-19-11-15(4)21-16(5)12-19/h6-7,10,13,15-16H,8-9,11-12H2,1-5H3. The molecular formula is C18H29NO2. The summed E-state index contributed by atoms with van der Waals surface area (Å²) in [5, 5.41) is 0. The van der Waals surface area contributed by atoms with Crippen LogP contribution in [0.15, 0.2) is 18.2 Å². The molecule has 1 heterocycles. The lowest BCUT2D eigenvalue weighted by atomic mass is 10.0. The first-order chi connectivity index (χ1) is 9.95. The zero-order chi connectivity index (χ0) is 15.4. The minimum Gasteiger partial charge on any atom is -0.492 e. The Morgan fingerprint density at radius 1 is 1.24 bits per heavy atom. The van der Waals surface area contributed by atoms with Crippen molar-refractivity contribution in [1.29, 1.82) is 0 Å². The van der Waals surface area contributed by atoms with Crippen LogP contribution in [0.25, 0.3) is 0 Å². The molecule has 1 saturated heterocycles. The van der Waals surface area contributed by atoms with Gasteiger partial charge >= 0.3 is 0 Å². The van der Waals surface area contributed by atoms with E-state index in [2.05, 4.69) is 57.7 Å². The Kier molecular flexibility index (Phi) is 5.65. The Bertz CT molecular complexity index is 449. The minimum absolute atomic E-state index is 0.318. The van der Waals surface area contributed by atoms with Gasteiger partial charge in [-0.25, -0.2) is 0 Å². The molecule has 0 aromatic heterocycles. The topological polar surface area (TPSA) is 21.7 Å². The Hall–Kier alpha value is -1.06. The van der Waals surface area contributed by atoms with Crippen molar-refractivity contribution in [3.05, 3.63) is 29.3 Å². The number of hydrogen-bond acceptors (Lipinski definition) is 3. The van der Waals surface area contributed by atoms with Gasteiger partial charge in [-0.15, -0.1) is 0 Å². The highest BCUT2D eigenvalue weighted by Gasteiger charge is 2.21. The summed E-state index contributed by atoms with van der Waals surface area (Å²) >= 11 is 0. The highest BCUT2D eigenvalue weighted by Crippen LogP contribution is 2.27. The van der Waals surface area contributed by atoms with Gasteiger partial charge in [0.1, 0.15) is 12.4 Å². The molecule has 0 bridgehead atoms. The molecule has 0 spiro atoms. The van der Waals surface area contributed by atoms with Crippen LogP contribution in [-0.2, 0) is 4.74 Å². The van der Waals surface area contributed by atoms with Crippen molar-refractivity contribution < 1.29 is 9.47 Å². The molecule has 2 unspecified atom stereocenters. The molecule has 1 aromatic rings. The number of rotatable bonds is 5. The van der Waals surface area contributed by atoms with Gasteiger partial charge in [0.15, 0.2) is 0 Å². The van der Waals surface area contributed by atoms with Crippen molar-refractivity contribution in [3.63, 3.8) is 0 Å². The SMILES string of the molecule is Cc1ccc(C(C)C)c(OCCN2CC(C)OC(C)C2)c1. The summed E-state index contributed by atoms with van der Waals surface area (Å²) in [5.74, 6) is 1.53. The fraction of sp³-hybridized carbons (Fsp3) is 0.667. The van der Waals surface area contributed by atoms with Gasteiger partial charge in [0.2, 0.25) is 0 Å². The first-order valence-electron chi connectivity index (χ1n) is 8.07. The molecule has 3 heteroatoms. The molecule has 1 aromatic carbocycles. The van der Waals surface area contributed by atoms with Gasteiger partial charge in [-0.3, -0.25) is 4.90 Å². The van der Waals surface area contributed by atoms with Gasteiger partial charge in [-0.2, -0.15) is 0 Å². The van der Waals surface area contributed by atoms with Crippen molar-refractivity contribution in [3.8, 4) is 5.75 Å². The number of morpholine rings is 1. The quantitative estimate of drug-likeness (QED) is 0.827. The van der Waals surface area contributed by atoms with Crippen molar-refractivity contribution in [1.82, 2.24) is 4.90 Å². The highest BCUT2D eigenvalue weighted by molar-refractivity contribution is 5.39. The number of aryl methyl sites for hydroxylation is 1. The van der Waals surface area contributed by atoms with Crippen molar-refractivity contribution in [2.45, 2.75) is 52.7 Å². The lowest BCUT2D eigenvalue weighted by Gasteiger charge is -2.35. The van der Waals surface area contributed by atoms with Gasteiger partial charge in [0.25, 0.3) is 0 Å². The molecule has 1 aliphatic heterocycles. The fourth-order valence-corrected chi connectivity index (χ4v) is 3.00. The van der Waals surface area contributed by atoms with Crippen LogP contribution in [-0.4, -0.2) is 43.3 Å². The Morgan fingerprint density at radius 3 is 2.52 bits per heavy atom. The van der Waals surface area contributed by atoms with Crippen LogP contribution in [0, 0.1) is 6.92 Å². The van der Waals surface area contributed by atoms with E-state index in [1.165, 1.54) is 11.1 Å². The largest absolute Gasteiger partial charge is 0.492 e. The number of hydrogen-bond donors (Lipinski definition) is 0. The molecular weight excluding hydrogens is 262 g/mol. The van der Waals surface area contributed by atoms with E-state index in [4.69, 9.17) is 9.47 Å². The molecule has 21 heavy (non-hydrogen) atoms. The van der Waals surface area contributed by atoms with Gasteiger partial charge in [0, 0.05) is 19.6 Å². The van der Waals surface area contributed by atoms with E-state index in [-0.39, 0.29) is 0 Å². The summed E-state index contributed by atoms with van der Waals surface area (Å²) in [6.07, 6.45) is 0.637. The maximum atomic E-state index is 6.07. The third kappa shape index (κ3) is 4.72. The van der Waals surface area contributed by atoms with Crippen molar-refractivity contribution in [2.75, 3.05) is 26.2 Å². The molecule has 0 amide bonds. The van der Waals surface area contributed by atoms with E-state index in [1.807, 2.05) is 0 Å². The number of nitrogens with zero attached hydrogens (tertiary/aromatic N) is 1. The molecule has 0 aliphatic carbocycles. The molecule has 3 nitrogen and oxygen atoms in total. The van der Waals surface area contributed by atoms with Crippen LogP contribution in [0.5, 0.6) is 5.75 Å². The molecule has 0 N–H and O–H groups in total. The normalized spacial score (nSPS) is 23.5. The predicted molar refractivity (Wildman–Crippen MR) is 87.2 cm³/mol. The average Bonchev–Trinajstić information content (AvgIpc) is 2.37. The van der Waals surface area contributed by atoms with Crippen molar-refractivity contribution in [2.24, 2.45) is 0 Å². The first kappa shape index (κ1) is 16.3. The van der Waals surface area contributed by atoms with E-state index in [9.17, 15) is 0 Å². The first-order valence-corrected chi connectivity index (χ1v) is 8.07. The molecule has 2 atom stereocenters. The molecule has 2 rings (SSSR count). The van der Waals surface area contributed by atoms with Gasteiger partial charge in [0.05, 0.1) is 12.2 Å². The van der Waals surface area contributed by atoms with Crippen molar-refractivity contribution >= 4 is 0 Å². The van der Waals surface area contributed by atoms with Crippen LogP contribution < -0.4 is 4.74 Å². The smallest absolute Gasteiger partial charge is 0.123 e. The molecule has 1 fully saturated rings. The summed E-state index contributed by atoms with van der Waals surface area (Å²) in [7, 11) is 0. The summed E-state index contributed by atoms with van der Waals surface area (Å²) < 4.78 is 11.8. The third-order valence-corrected chi connectivity index (χ3v) is 3.95. The summed E-state index contributed by atoms with van der Waals surface area (Å²) in [4.78, 5) is 2.43. The summed E-state index contributed by atoms with van der Waals surface area (Å²) in [6, 6.07) is 6.50. The van der Waals surface area contributed by atoms with Crippen LogP contribution in [0.2, 0.25) is 0 Å². The molecule has 1 aliphatic rings. The zero-order valence-corrected chi connectivity index (χ0v) is 14.1. The Morgan fingerprint density at radius 2 is 1.90 bits per heavy atom. The highest BCUT2D eigenvalue weighted by atomic mass is 16.5. The number of benzene rings is 1. The minimum atomic E-state index is 0.318. The molecule has 0 saturated carbocycles.